The Labute approximate surface area is 192 Å². The van der Waals surface area contributed by atoms with Crippen molar-refractivity contribution in [1.29, 1.82) is 0 Å². The van der Waals surface area contributed by atoms with Crippen molar-refractivity contribution in [3.8, 4) is 0 Å². The molecule has 1 aromatic carbocycles. The highest BCUT2D eigenvalue weighted by Gasteiger charge is 2.31. The van der Waals surface area contributed by atoms with Crippen LogP contribution in [0.3, 0.4) is 0 Å². The zero-order chi connectivity index (χ0) is 21.8. The van der Waals surface area contributed by atoms with Crippen LogP contribution in [0, 0.1) is 5.92 Å². The van der Waals surface area contributed by atoms with Crippen molar-refractivity contribution in [1.82, 2.24) is 9.80 Å². The van der Waals surface area contributed by atoms with Gasteiger partial charge >= 0.3 is 0 Å². The number of hydrogen-bond acceptors (Lipinski definition) is 5. The minimum absolute atomic E-state index is 0.375. The number of piperidine rings is 1. The van der Waals surface area contributed by atoms with E-state index in [1.165, 1.54) is 51.6 Å². The summed E-state index contributed by atoms with van der Waals surface area (Å²) in [5.41, 5.74) is 3.13. The lowest BCUT2D eigenvalue weighted by molar-refractivity contribution is 0.0511. The maximum Gasteiger partial charge on any atom is 0.129 e. The van der Waals surface area contributed by atoms with Gasteiger partial charge in [0.15, 0.2) is 0 Å². The molecule has 0 N–H and O–H groups in total. The van der Waals surface area contributed by atoms with Gasteiger partial charge in [0.25, 0.3) is 0 Å². The lowest BCUT2D eigenvalue weighted by atomic mass is 9.94. The fraction of sp³-hybridized carbons (Fsp3) is 0.630. The number of ether oxygens (including phenoxy) is 2. The van der Waals surface area contributed by atoms with Crippen molar-refractivity contribution in [3.63, 3.8) is 0 Å². The third kappa shape index (κ3) is 5.45. The molecule has 3 aliphatic rings. The smallest absolute Gasteiger partial charge is 0.129 e. The van der Waals surface area contributed by atoms with E-state index in [0.717, 1.165) is 43.7 Å². The number of furan rings is 1. The van der Waals surface area contributed by atoms with E-state index in [0.29, 0.717) is 18.8 Å². The van der Waals surface area contributed by atoms with Crippen molar-refractivity contribution in [2.75, 3.05) is 39.9 Å². The van der Waals surface area contributed by atoms with Gasteiger partial charge < -0.3 is 13.9 Å². The molecular weight excluding hydrogens is 400 g/mol. The zero-order valence-corrected chi connectivity index (χ0v) is 19.5. The summed E-state index contributed by atoms with van der Waals surface area (Å²) in [7, 11) is 1.71. The van der Waals surface area contributed by atoms with Gasteiger partial charge in [0, 0.05) is 32.8 Å². The molecule has 5 rings (SSSR count). The SMILES string of the molecule is COCc1ccc(CN(CC2CCN(C3Cc4ccccc4C3)CC2)C[C@@H]2CCCO2)o1. The number of rotatable bonds is 9. The highest BCUT2D eigenvalue weighted by atomic mass is 16.5. The van der Waals surface area contributed by atoms with Crippen LogP contribution in [0.15, 0.2) is 40.8 Å². The summed E-state index contributed by atoms with van der Waals surface area (Å²) < 4.78 is 17.2. The van der Waals surface area contributed by atoms with Gasteiger partial charge in [-0.05, 0) is 80.8 Å². The molecule has 174 valence electrons. The third-order valence-corrected chi connectivity index (χ3v) is 7.58. The maximum atomic E-state index is 6.01. The summed E-state index contributed by atoms with van der Waals surface area (Å²) in [6.45, 7) is 6.93. The summed E-state index contributed by atoms with van der Waals surface area (Å²) in [5.74, 6) is 2.70. The Morgan fingerprint density at radius 3 is 2.41 bits per heavy atom. The van der Waals surface area contributed by atoms with E-state index in [1.54, 1.807) is 18.2 Å². The topological polar surface area (TPSA) is 38.1 Å². The highest BCUT2D eigenvalue weighted by molar-refractivity contribution is 5.33. The molecule has 0 amide bonds. The van der Waals surface area contributed by atoms with Crippen LogP contribution in [0.5, 0.6) is 0 Å². The van der Waals surface area contributed by atoms with E-state index in [9.17, 15) is 0 Å². The van der Waals surface area contributed by atoms with Gasteiger partial charge in [0.2, 0.25) is 0 Å². The van der Waals surface area contributed by atoms with Gasteiger partial charge in [-0.15, -0.1) is 0 Å². The van der Waals surface area contributed by atoms with Crippen molar-refractivity contribution in [2.45, 2.75) is 63.8 Å². The molecule has 2 fully saturated rings. The largest absolute Gasteiger partial charge is 0.462 e. The highest BCUT2D eigenvalue weighted by Crippen LogP contribution is 2.29. The first-order valence-electron chi connectivity index (χ1n) is 12.5. The first-order valence-corrected chi connectivity index (χ1v) is 12.5. The standard InChI is InChI=1S/C27H38N2O3/c1-30-20-27-9-8-26(32-27)19-28(18-25-7-4-14-31-25)17-21-10-12-29(13-11-21)24-15-22-5-2-3-6-23(22)16-24/h2-3,5-6,8-9,21,24-25H,4,7,10-20H2,1H3/t25-/m0/s1. The first-order chi connectivity index (χ1) is 15.8. The Kier molecular flexibility index (Phi) is 7.28. The second kappa shape index (κ2) is 10.5. The van der Waals surface area contributed by atoms with Gasteiger partial charge in [0.05, 0.1) is 12.6 Å². The summed E-state index contributed by atoms with van der Waals surface area (Å²) in [5, 5.41) is 0. The van der Waals surface area contributed by atoms with E-state index in [-0.39, 0.29) is 0 Å². The summed E-state index contributed by atoms with van der Waals surface area (Å²) in [6.07, 6.45) is 7.80. The molecule has 1 aromatic heterocycles. The normalized spacial score (nSPS) is 22.8. The predicted octanol–water partition coefficient (Wildman–Crippen LogP) is 4.29. The average molecular weight is 439 g/mol. The van der Waals surface area contributed by atoms with Gasteiger partial charge in [-0.2, -0.15) is 0 Å². The van der Waals surface area contributed by atoms with E-state index in [4.69, 9.17) is 13.9 Å². The number of methoxy groups -OCH3 is 1. The third-order valence-electron chi connectivity index (χ3n) is 7.58. The molecule has 0 radical (unpaired) electrons. The molecule has 2 aliphatic heterocycles. The Morgan fingerprint density at radius 1 is 0.969 bits per heavy atom. The molecule has 0 spiro atoms. The van der Waals surface area contributed by atoms with Crippen LogP contribution in [-0.2, 0) is 35.5 Å². The predicted molar refractivity (Wildman–Crippen MR) is 126 cm³/mol. The van der Waals surface area contributed by atoms with Crippen LogP contribution in [0.2, 0.25) is 0 Å². The van der Waals surface area contributed by atoms with Crippen molar-refractivity contribution in [3.05, 3.63) is 59.0 Å². The Balaban J connectivity index is 1.15. The molecular formula is C27H38N2O3. The van der Waals surface area contributed by atoms with Gasteiger partial charge in [-0.1, -0.05) is 24.3 Å². The molecule has 2 aromatic rings. The number of benzene rings is 1. The second-order valence-electron chi connectivity index (χ2n) is 9.94. The summed E-state index contributed by atoms with van der Waals surface area (Å²) in [6, 6.07) is 13.9. The number of hydrogen-bond donors (Lipinski definition) is 0. The van der Waals surface area contributed by atoms with Crippen LogP contribution in [0.25, 0.3) is 0 Å². The van der Waals surface area contributed by atoms with Crippen LogP contribution in [-0.4, -0.2) is 61.8 Å². The molecule has 1 atom stereocenters. The van der Waals surface area contributed by atoms with Crippen LogP contribution < -0.4 is 0 Å². The average Bonchev–Trinajstić information content (AvgIpc) is 3.56. The molecule has 0 bridgehead atoms. The van der Waals surface area contributed by atoms with Crippen LogP contribution in [0.1, 0.15) is 48.3 Å². The van der Waals surface area contributed by atoms with Crippen LogP contribution >= 0.6 is 0 Å². The molecule has 3 heterocycles. The lowest BCUT2D eigenvalue weighted by Crippen LogP contribution is -2.44. The molecule has 32 heavy (non-hydrogen) atoms. The van der Waals surface area contributed by atoms with Gasteiger partial charge in [-0.3, -0.25) is 9.80 Å². The van der Waals surface area contributed by atoms with E-state index < -0.39 is 0 Å². The minimum atomic E-state index is 0.375. The quantitative estimate of drug-likeness (QED) is 0.584. The summed E-state index contributed by atoms with van der Waals surface area (Å²) >= 11 is 0. The molecule has 5 nitrogen and oxygen atoms in total. The number of likely N-dealkylation sites (tertiary alicyclic amines) is 1. The fourth-order valence-electron chi connectivity index (χ4n) is 5.89. The number of fused-ring (bicyclic) bond motifs is 1. The second-order valence-corrected chi connectivity index (χ2v) is 9.94. The molecule has 1 aliphatic carbocycles. The molecule has 5 heteroatoms. The Hall–Kier alpha value is -1.66. The van der Waals surface area contributed by atoms with E-state index in [2.05, 4.69) is 40.1 Å². The number of nitrogens with zero attached hydrogens (tertiary/aromatic N) is 2. The Morgan fingerprint density at radius 2 is 1.72 bits per heavy atom. The molecule has 2 saturated heterocycles. The van der Waals surface area contributed by atoms with Gasteiger partial charge in [0.1, 0.15) is 18.1 Å². The fourth-order valence-corrected chi connectivity index (χ4v) is 5.89. The molecule has 0 saturated carbocycles. The maximum absolute atomic E-state index is 6.01. The van der Waals surface area contributed by atoms with Crippen LogP contribution in [0.4, 0.5) is 0 Å². The zero-order valence-electron chi connectivity index (χ0n) is 19.5. The first kappa shape index (κ1) is 22.1. The monoisotopic (exact) mass is 438 g/mol. The molecule has 0 unspecified atom stereocenters. The lowest BCUT2D eigenvalue weighted by Gasteiger charge is -2.38. The van der Waals surface area contributed by atoms with Crippen molar-refractivity contribution in [2.24, 2.45) is 5.92 Å². The van der Waals surface area contributed by atoms with Crippen molar-refractivity contribution >= 4 is 0 Å². The van der Waals surface area contributed by atoms with Gasteiger partial charge in [-0.25, -0.2) is 0 Å². The Bertz CT molecular complexity index is 827. The van der Waals surface area contributed by atoms with Crippen molar-refractivity contribution < 1.29 is 13.9 Å². The van der Waals surface area contributed by atoms with E-state index >= 15 is 0 Å². The summed E-state index contributed by atoms with van der Waals surface area (Å²) in [4.78, 5) is 5.33. The van der Waals surface area contributed by atoms with E-state index in [1.807, 2.05) is 6.07 Å². The minimum Gasteiger partial charge on any atom is -0.462 e.